The molecule has 2 amide bonds. The Morgan fingerprint density at radius 2 is 2.12 bits per heavy atom. The van der Waals surface area contributed by atoms with Crippen molar-refractivity contribution in [2.24, 2.45) is 0 Å². The van der Waals surface area contributed by atoms with Crippen LogP contribution in [0.1, 0.15) is 17.9 Å². The van der Waals surface area contributed by atoms with Crippen molar-refractivity contribution in [1.29, 1.82) is 0 Å². The first-order chi connectivity index (χ1) is 7.52. The number of hydrogen-bond donors (Lipinski definition) is 0. The number of likely N-dealkylation sites (tertiary alicyclic amines) is 1. The van der Waals surface area contributed by atoms with Gasteiger partial charge in [-0.2, -0.15) is 0 Å². The molecule has 0 bridgehead atoms. The van der Waals surface area contributed by atoms with Crippen LogP contribution in [0.4, 0.5) is 4.39 Å². The molecule has 0 aliphatic carbocycles. The van der Waals surface area contributed by atoms with E-state index in [2.05, 4.69) is 15.9 Å². The van der Waals surface area contributed by atoms with Crippen molar-refractivity contribution in [3.05, 3.63) is 34.1 Å². The normalized spacial score (nSPS) is 20.7. The van der Waals surface area contributed by atoms with Crippen LogP contribution in [-0.2, 0) is 9.59 Å². The molecule has 0 aromatic heterocycles. The fourth-order valence-corrected chi connectivity index (χ4v) is 2.44. The maximum atomic E-state index is 13.6. The average molecular weight is 286 g/mol. The van der Waals surface area contributed by atoms with E-state index in [1.807, 2.05) is 0 Å². The number of amides is 2. The lowest BCUT2D eigenvalue weighted by molar-refractivity contribution is -0.137. The number of hydrogen-bond acceptors (Lipinski definition) is 2. The first kappa shape index (κ1) is 11.3. The summed E-state index contributed by atoms with van der Waals surface area (Å²) in [7, 11) is 1.42. The summed E-state index contributed by atoms with van der Waals surface area (Å²) in [5, 5.41) is 0. The molecule has 1 aromatic rings. The van der Waals surface area contributed by atoms with Gasteiger partial charge in [0.1, 0.15) is 5.82 Å². The van der Waals surface area contributed by atoms with Crippen LogP contribution in [0.5, 0.6) is 0 Å². The predicted octanol–water partition coefficient (Wildman–Crippen LogP) is 2.06. The zero-order chi connectivity index (χ0) is 11.9. The second-order valence-corrected chi connectivity index (χ2v) is 4.54. The summed E-state index contributed by atoms with van der Waals surface area (Å²) in [6, 6.07) is 4.50. The fourth-order valence-electron chi connectivity index (χ4n) is 1.82. The van der Waals surface area contributed by atoms with Gasteiger partial charge in [-0.1, -0.05) is 22.0 Å². The largest absolute Gasteiger partial charge is 0.285 e. The number of likely N-dealkylation sites (N-methyl/N-ethyl adjacent to an activating group) is 1. The number of halogens is 2. The zero-order valence-electron chi connectivity index (χ0n) is 8.54. The van der Waals surface area contributed by atoms with Crippen molar-refractivity contribution in [2.75, 3.05) is 7.05 Å². The van der Waals surface area contributed by atoms with Gasteiger partial charge in [0, 0.05) is 23.5 Å². The number of carbonyl (C=O) groups excluding carboxylic acids is 2. The molecule has 0 N–H and O–H groups in total. The summed E-state index contributed by atoms with van der Waals surface area (Å²) in [4.78, 5) is 24.1. The van der Waals surface area contributed by atoms with Crippen molar-refractivity contribution in [2.45, 2.75) is 12.3 Å². The average Bonchev–Trinajstić information content (AvgIpc) is 2.47. The van der Waals surface area contributed by atoms with Gasteiger partial charge in [0.15, 0.2) is 0 Å². The number of benzene rings is 1. The van der Waals surface area contributed by atoms with Gasteiger partial charge in [-0.3, -0.25) is 14.5 Å². The molecule has 1 saturated heterocycles. The Hall–Kier alpha value is -1.23. The highest BCUT2D eigenvalue weighted by Crippen LogP contribution is 2.34. The first-order valence-electron chi connectivity index (χ1n) is 4.76. The van der Waals surface area contributed by atoms with E-state index in [1.54, 1.807) is 12.1 Å². The molecular formula is C11H9BrFNO2. The van der Waals surface area contributed by atoms with Gasteiger partial charge in [0.25, 0.3) is 0 Å². The smallest absolute Gasteiger partial charge is 0.237 e. The Labute approximate surface area is 100 Å². The van der Waals surface area contributed by atoms with E-state index in [0.29, 0.717) is 4.47 Å². The summed E-state index contributed by atoms with van der Waals surface area (Å²) in [5.41, 5.74) is 0.269. The Morgan fingerprint density at radius 3 is 2.62 bits per heavy atom. The summed E-state index contributed by atoms with van der Waals surface area (Å²) < 4.78 is 14.1. The van der Waals surface area contributed by atoms with E-state index < -0.39 is 11.7 Å². The Balaban J connectivity index is 2.47. The van der Waals surface area contributed by atoms with E-state index in [0.717, 1.165) is 4.90 Å². The van der Waals surface area contributed by atoms with Crippen LogP contribution >= 0.6 is 15.9 Å². The Bertz CT molecular complexity index is 455. The number of imide groups is 1. The summed E-state index contributed by atoms with van der Waals surface area (Å²) in [5.74, 6) is -1.79. The highest BCUT2D eigenvalue weighted by Gasteiger charge is 2.39. The molecular weight excluding hydrogens is 277 g/mol. The Kier molecular flexibility index (Phi) is 2.80. The van der Waals surface area contributed by atoms with Crippen molar-refractivity contribution < 1.29 is 14.0 Å². The van der Waals surface area contributed by atoms with Crippen LogP contribution in [0.2, 0.25) is 0 Å². The summed E-state index contributed by atoms with van der Waals surface area (Å²) in [6.07, 6.45) is 0.0366. The molecule has 0 saturated carbocycles. The lowest BCUT2D eigenvalue weighted by Crippen LogP contribution is -2.25. The minimum Gasteiger partial charge on any atom is -0.285 e. The van der Waals surface area contributed by atoms with Gasteiger partial charge < -0.3 is 0 Å². The van der Waals surface area contributed by atoms with Crippen molar-refractivity contribution in [3.63, 3.8) is 0 Å². The SMILES string of the molecule is CN1C(=O)CC(c2c(F)cccc2Br)C1=O. The van der Waals surface area contributed by atoms with Crippen molar-refractivity contribution in [1.82, 2.24) is 4.90 Å². The van der Waals surface area contributed by atoms with Crippen LogP contribution < -0.4 is 0 Å². The Morgan fingerprint density at radius 1 is 1.44 bits per heavy atom. The predicted molar refractivity (Wildman–Crippen MR) is 59.2 cm³/mol. The molecule has 1 fully saturated rings. The van der Waals surface area contributed by atoms with Gasteiger partial charge >= 0.3 is 0 Å². The van der Waals surface area contributed by atoms with E-state index in [4.69, 9.17) is 0 Å². The molecule has 5 heteroatoms. The minimum absolute atomic E-state index is 0.0366. The molecule has 1 unspecified atom stereocenters. The van der Waals surface area contributed by atoms with Gasteiger partial charge in [0.05, 0.1) is 5.92 Å². The first-order valence-corrected chi connectivity index (χ1v) is 5.56. The molecule has 1 aliphatic heterocycles. The lowest BCUT2D eigenvalue weighted by Gasteiger charge is -2.11. The molecule has 1 aliphatic rings. The van der Waals surface area contributed by atoms with Crippen LogP contribution in [0.15, 0.2) is 22.7 Å². The zero-order valence-corrected chi connectivity index (χ0v) is 10.1. The maximum absolute atomic E-state index is 13.6. The second kappa shape index (κ2) is 3.97. The molecule has 0 spiro atoms. The number of carbonyl (C=O) groups is 2. The fraction of sp³-hybridized carbons (Fsp3) is 0.273. The van der Waals surface area contributed by atoms with Crippen molar-refractivity contribution in [3.8, 4) is 0 Å². The quantitative estimate of drug-likeness (QED) is 0.741. The molecule has 0 radical (unpaired) electrons. The van der Waals surface area contributed by atoms with Gasteiger partial charge in [-0.25, -0.2) is 4.39 Å². The van der Waals surface area contributed by atoms with Gasteiger partial charge in [-0.15, -0.1) is 0 Å². The van der Waals surface area contributed by atoms with E-state index in [9.17, 15) is 14.0 Å². The monoisotopic (exact) mass is 285 g/mol. The highest BCUT2D eigenvalue weighted by molar-refractivity contribution is 9.10. The van der Waals surface area contributed by atoms with E-state index in [-0.39, 0.29) is 23.8 Å². The van der Waals surface area contributed by atoms with Crippen LogP contribution in [0.3, 0.4) is 0 Å². The minimum atomic E-state index is -0.701. The lowest BCUT2D eigenvalue weighted by atomic mass is 9.97. The third-order valence-electron chi connectivity index (χ3n) is 2.73. The van der Waals surface area contributed by atoms with E-state index in [1.165, 1.54) is 13.1 Å². The molecule has 3 nitrogen and oxygen atoms in total. The maximum Gasteiger partial charge on any atom is 0.237 e. The third-order valence-corrected chi connectivity index (χ3v) is 3.42. The van der Waals surface area contributed by atoms with Crippen molar-refractivity contribution >= 4 is 27.7 Å². The van der Waals surface area contributed by atoms with Crippen LogP contribution in [-0.4, -0.2) is 23.8 Å². The molecule has 1 atom stereocenters. The standard InChI is InChI=1S/C11H9BrFNO2/c1-14-9(15)5-6(11(14)16)10-7(12)3-2-4-8(10)13/h2-4,6H,5H2,1H3. The molecule has 84 valence electrons. The highest BCUT2D eigenvalue weighted by atomic mass is 79.9. The molecule has 16 heavy (non-hydrogen) atoms. The summed E-state index contributed by atoms with van der Waals surface area (Å²) in [6.45, 7) is 0. The van der Waals surface area contributed by atoms with E-state index >= 15 is 0 Å². The molecule has 1 heterocycles. The topological polar surface area (TPSA) is 37.4 Å². The third kappa shape index (κ3) is 1.65. The molecule has 1 aromatic carbocycles. The summed E-state index contributed by atoms with van der Waals surface area (Å²) >= 11 is 3.20. The second-order valence-electron chi connectivity index (χ2n) is 3.68. The van der Waals surface area contributed by atoms with Gasteiger partial charge in [0.2, 0.25) is 11.8 Å². The number of nitrogens with zero attached hydrogens (tertiary/aromatic N) is 1. The van der Waals surface area contributed by atoms with Gasteiger partial charge in [-0.05, 0) is 12.1 Å². The van der Waals surface area contributed by atoms with Crippen LogP contribution in [0, 0.1) is 5.82 Å². The van der Waals surface area contributed by atoms with Crippen LogP contribution in [0.25, 0.3) is 0 Å². The number of rotatable bonds is 1. The molecule has 2 rings (SSSR count).